The summed E-state index contributed by atoms with van der Waals surface area (Å²) in [6, 6.07) is 9.87. The molecule has 0 heterocycles. The van der Waals surface area contributed by atoms with Crippen molar-refractivity contribution in [1.29, 1.82) is 0 Å². The number of ketones is 1. The monoisotopic (exact) mass is 280 g/mol. The SMILES string of the molecule is CC(=O)CC(=O)OCCOCCOCc1ccccc1. The zero-order valence-electron chi connectivity index (χ0n) is 11.7. The van der Waals surface area contributed by atoms with E-state index >= 15 is 0 Å². The van der Waals surface area contributed by atoms with Gasteiger partial charge in [0.05, 0.1) is 26.4 Å². The maximum absolute atomic E-state index is 11.0. The van der Waals surface area contributed by atoms with E-state index in [0.717, 1.165) is 5.56 Å². The molecular weight excluding hydrogens is 260 g/mol. The van der Waals surface area contributed by atoms with Crippen molar-refractivity contribution in [2.45, 2.75) is 20.0 Å². The van der Waals surface area contributed by atoms with Crippen LogP contribution in [0, 0.1) is 0 Å². The van der Waals surface area contributed by atoms with Crippen molar-refractivity contribution < 1.29 is 23.8 Å². The maximum atomic E-state index is 11.0. The van der Waals surface area contributed by atoms with Crippen LogP contribution >= 0.6 is 0 Å². The van der Waals surface area contributed by atoms with E-state index in [1.165, 1.54) is 6.92 Å². The third-order valence-electron chi connectivity index (χ3n) is 2.37. The molecule has 0 saturated carbocycles. The molecule has 0 amide bonds. The highest BCUT2D eigenvalue weighted by molar-refractivity contribution is 5.94. The molecule has 1 aromatic rings. The van der Waals surface area contributed by atoms with Crippen molar-refractivity contribution in [3.05, 3.63) is 35.9 Å². The normalized spacial score (nSPS) is 10.2. The van der Waals surface area contributed by atoms with Gasteiger partial charge in [-0.2, -0.15) is 0 Å². The number of hydrogen-bond acceptors (Lipinski definition) is 5. The molecule has 0 fully saturated rings. The highest BCUT2D eigenvalue weighted by Crippen LogP contribution is 1.99. The molecule has 0 unspecified atom stereocenters. The number of carbonyl (C=O) groups excluding carboxylic acids is 2. The van der Waals surface area contributed by atoms with Gasteiger partial charge in [-0.25, -0.2) is 0 Å². The Morgan fingerprint density at radius 3 is 2.30 bits per heavy atom. The van der Waals surface area contributed by atoms with Crippen molar-refractivity contribution in [3.63, 3.8) is 0 Å². The Morgan fingerprint density at radius 2 is 1.60 bits per heavy atom. The Balaban J connectivity index is 1.90. The first-order chi connectivity index (χ1) is 9.68. The molecule has 0 aromatic heterocycles. The molecule has 1 aromatic carbocycles. The average Bonchev–Trinajstić information content (AvgIpc) is 2.42. The first-order valence-corrected chi connectivity index (χ1v) is 6.53. The van der Waals surface area contributed by atoms with E-state index in [0.29, 0.717) is 26.4 Å². The molecule has 0 aliphatic heterocycles. The number of esters is 1. The lowest BCUT2D eigenvalue weighted by molar-refractivity contribution is -0.147. The van der Waals surface area contributed by atoms with Crippen molar-refractivity contribution in [2.75, 3.05) is 26.4 Å². The molecule has 0 saturated heterocycles. The molecule has 20 heavy (non-hydrogen) atoms. The fraction of sp³-hybridized carbons (Fsp3) is 0.467. The van der Waals surface area contributed by atoms with Gasteiger partial charge in [0, 0.05) is 0 Å². The van der Waals surface area contributed by atoms with E-state index in [9.17, 15) is 9.59 Å². The molecule has 0 bridgehead atoms. The summed E-state index contributed by atoms with van der Waals surface area (Å²) in [6.45, 7) is 3.29. The minimum atomic E-state index is -0.513. The maximum Gasteiger partial charge on any atom is 0.313 e. The smallest absolute Gasteiger partial charge is 0.313 e. The minimum Gasteiger partial charge on any atom is -0.463 e. The van der Waals surface area contributed by atoms with Crippen molar-refractivity contribution >= 4 is 11.8 Å². The van der Waals surface area contributed by atoms with E-state index in [-0.39, 0.29) is 18.8 Å². The van der Waals surface area contributed by atoms with Gasteiger partial charge in [0.15, 0.2) is 0 Å². The van der Waals surface area contributed by atoms with Crippen molar-refractivity contribution in [2.24, 2.45) is 0 Å². The summed E-state index contributed by atoms with van der Waals surface area (Å²) in [5.41, 5.74) is 1.12. The molecule has 0 aliphatic carbocycles. The third-order valence-corrected chi connectivity index (χ3v) is 2.37. The van der Waals surface area contributed by atoms with Crippen LogP contribution in [0.15, 0.2) is 30.3 Å². The molecule has 0 aliphatic rings. The highest BCUT2D eigenvalue weighted by atomic mass is 16.6. The number of ether oxygens (including phenoxy) is 3. The molecule has 0 spiro atoms. The number of rotatable bonds is 10. The quantitative estimate of drug-likeness (QED) is 0.371. The van der Waals surface area contributed by atoms with Gasteiger partial charge in [0.25, 0.3) is 0 Å². The number of Topliss-reactive ketones (excluding diaryl/α,β-unsaturated/α-hetero) is 1. The summed E-state index contributed by atoms with van der Waals surface area (Å²) < 4.78 is 15.5. The molecule has 0 N–H and O–H groups in total. The van der Waals surface area contributed by atoms with Gasteiger partial charge in [0.2, 0.25) is 0 Å². The van der Waals surface area contributed by atoms with Gasteiger partial charge < -0.3 is 14.2 Å². The Hall–Kier alpha value is -1.72. The highest BCUT2D eigenvalue weighted by Gasteiger charge is 2.05. The molecule has 1 rings (SSSR count). The molecule has 5 heteroatoms. The van der Waals surface area contributed by atoms with Crippen LogP contribution in [0.3, 0.4) is 0 Å². The van der Waals surface area contributed by atoms with E-state index < -0.39 is 5.97 Å². The van der Waals surface area contributed by atoms with Crippen LogP contribution in [0.1, 0.15) is 18.9 Å². The summed E-state index contributed by atoms with van der Waals surface area (Å²) >= 11 is 0. The van der Waals surface area contributed by atoms with Crippen LogP contribution < -0.4 is 0 Å². The second kappa shape index (κ2) is 10.1. The predicted octanol–water partition coefficient (Wildman–Crippen LogP) is 1.74. The van der Waals surface area contributed by atoms with Crippen LogP contribution in [0.2, 0.25) is 0 Å². The fourth-order valence-corrected chi connectivity index (χ4v) is 1.45. The first-order valence-electron chi connectivity index (χ1n) is 6.53. The van der Waals surface area contributed by atoms with Gasteiger partial charge in [-0.1, -0.05) is 30.3 Å². The van der Waals surface area contributed by atoms with Gasteiger partial charge >= 0.3 is 5.97 Å². The summed E-state index contributed by atoms with van der Waals surface area (Å²) in [5, 5.41) is 0. The third kappa shape index (κ3) is 8.39. The molecule has 110 valence electrons. The standard InChI is InChI=1S/C15H20O5/c1-13(16)11-15(17)20-10-9-18-7-8-19-12-14-5-3-2-4-6-14/h2-6H,7-12H2,1H3. The lowest BCUT2D eigenvalue weighted by Crippen LogP contribution is -2.14. The lowest BCUT2D eigenvalue weighted by atomic mass is 10.2. The molecule has 5 nitrogen and oxygen atoms in total. The lowest BCUT2D eigenvalue weighted by Gasteiger charge is -2.06. The van der Waals surface area contributed by atoms with E-state index in [1.54, 1.807) is 0 Å². The van der Waals surface area contributed by atoms with Crippen molar-refractivity contribution in [3.8, 4) is 0 Å². The zero-order chi connectivity index (χ0) is 14.6. The summed E-state index contributed by atoms with van der Waals surface area (Å²) in [5.74, 6) is -0.716. The van der Waals surface area contributed by atoms with Gasteiger partial charge in [-0.15, -0.1) is 0 Å². The van der Waals surface area contributed by atoms with Crippen LogP contribution in [0.4, 0.5) is 0 Å². The van der Waals surface area contributed by atoms with Gasteiger partial charge in [0.1, 0.15) is 18.8 Å². The Bertz CT molecular complexity index is 402. The second-order valence-electron chi connectivity index (χ2n) is 4.25. The Morgan fingerprint density at radius 1 is 0.950 bits per heavy atom. The van der Waals surface area contributed by atoms with Crippen LogP contribution in [0.5, 0.6) is 0 Å². The number of benzene rings is 1. The molecule has 0 radical (unpaired) electrons. The second-order valence-corrected chi connectivity index (χ2v) is 4.25. The van der Waals surface area contributed by atoms with Crippen LogP contribution in [-0.2, 0) is 30.4 Å². The van der Waals surface area contributed by atoms with E-state index in [4.69, 9.17) is 14.2 Å². The Kier molecular flexibility index (Phi) is 8.26. The first kappa shape index (κ1) is 16.3. The fourth-order valence-electron chi connectivity index (χ4n) is 1.45. The predicted molar refractivity (Wildman–Crippen MR) is 73.2 cm³/mol. The summed E-state index contributed by atoms with van der Waals surface area (Å²) in [4.78, 5) is 21.7. The number of carbonyl (C=O) groups is 2. The van der Waals surface area contributed by atoms with Gasteiger partial charge in [-0.05, 0) is 12.5 Å². The zero-order valence-corrected chi connectivity index (χ0v) is 11.7. The Labute approximate surface area is 118 Å². The van der Waals surface area contributed by atoms with Gasteiger partial charge in [-0.3, -0.25) is 9.59 Å². The summed E-state index contributed by atoms with van der Waals surface area (Å²) in [6.07, 6.45) is -0.180. The number of hydrogen-bond donors (Lipinski definition) is 0. The molecular formula is C15H20O5. The van der Waals surface area contributed by atoms with E-state index in [1.807, 2.05) is 30.3 Å². The van der Waals surface area contributed by atoms with Crippen LogP contribution in [-0.4, -0.2) is 38.2 Å². The topological polar surface area (TPSA) is 61.8 Å². The molecule has 0 atom stereocenters. The average molecular weight is 280 g/mol. The largest absolute Gasteiger partial charge is 0.463 e. The summed E-state index contributed by atoms with van der Waals surface area (Å²) in [7, 11) is 0. The van der Waals surface area contributed by atoms with E-state index in [2.05, 4.69) is 0 Å². The van der Waals surface area contributed by atoms with Crippen LogP contribution in [0.25, 0.3) is 0 Å². The van der Waals surface area contributed by atoms with Crippen molar-refractivity contribution in [1.82, 2.24) is 0 Å². The minimum absolute atomic E-state index is 0.158.